The summed E-state index contributed by atoms with van der Waals surface area (Å²) in [5.74, 6) is -3.02. The van der Waals surface area contributed by atoms with Gasteiger partial charge in [0.2, 0.25) is 5.92 Å². The Morgan fingerprint density at radius 3 is 2.82 bits per heavy atom. The molecule has 0 aromatic heterocycles. The first-order chi connectivity index (χ1) is 13.3. The molecule has 1 aromatic rings. The first kappa shape index (κ1) is 20.0. The van der Waals surface area contributed by atoms with Gasteiger partial charge >= 0.3 is 0 Å². The number of nitrogens with one attached hydrogen (secondary N) is 2. The molecule has 3 rings (SSSR count). The van der Waals surface area contributed by atoms with E-state index in [0.717, 1.165) is 5.56 Å². The number of hydrogen-bond donors (Lipinski definition) is 2. The molecule has 0 spiro atoms. The van der Waals surface area contributed by atoms with Crippen LogP contribution in [-0.4, -0.2) is 36.0 Å². The number of anilines is 1. The zero-order chi connectivity index (χ0) is 20.3. The van der Waals surface area contributed by atoms with Gasteiger partial charge in [0.15, 0.2) is 0 Å². The number of dihydropyridines is 1. The maximum Gasteiger partial charge on any atom is 0.255 e. The second kappa shape index (κ2) is 8.11. The summed E-state index contributed by atoms with van der Waals surface area (Å²) in [6.07, 6.45) is 0.975. The minimum absolute atomic E-state index is 0.150. The third-order valence-corrected chi connectivity index (χ3v) is 5.23. The molecular weight excluding hydrogens is 362 g/mol. The van der Waals surface area contributed by atoms with E-state index in [0.29, 0.717) is 35.4 Å². The molecule has 1 unspecified atom stereocenters. The molecule has 1 fully saturated rings. The third-order valence-electron chi connectivity index (χ3n) is 5.23. The molecule has 1 atom stereocenters. The van der Waals surface area contributed by atoms with E-state index in [-0.39, 0.29) is 25.3 Å². The van der Waals surface area contributed by atoms with Crippen molar-refractivity contribution in [2.75, 3.05) is 18.4 Å². The molecule has 2 heterocycles. The Hall–Kier alpha value is -2.72. The summed E-state index contributed by atoms with van der Waals surface area (Å²) in [7, 11) is 0. The summed E-state index contributed by atoms with van der Waals surface area (Å²) in [6.45, 7) is 4.28. The highest BCUT2D eigenvalue weighted by atomic mass is 19.3. The van der Waals surface area contributed by atoms with Crippen LogP contribution in [0.3, 0.4) is 0 Å². The van der Waals surface area contributed by atoms with Gasteiger partial charge < -0.3 is 10.6 Å². The Bertz CT molecular complexity index is 869. The van der Waals surface area contributed by atoms with Gasteiger partial charge in [-0.05, 0) is 43.5 Å². The number of carbonyl (C=O) groups excluding carboxylic acids is 1. The number of allylic oxidation sites excluding steroid dienone is 2. The van der Waals surface area contributed by atoms with Gasteiger partial charge in [-0.25, -0.2) is 8.78 Å². The topological polar surface area (TPSA) is 68.2 Å². The van der Waals surface area contributed by atoms with Crippen LogP contribution in [0.1, 0.15) is 31.7 Å². The summed E-state index contributed by atoms with van der Waals surface area (Å²) < 4.78 is 27.6. The predicted molar refractivity (Wildman–Crippen MR) is 103 cm³/mol. The number of carbonyl (C=O) groups is 1. The van der Waals surface area contributed by atoms with Crippen molar-refractivity contribution in [1.82, 2.24) is 10.2 Å². The van der Waals surface area contributed by atoms with Crippen LogP contribution in [0.2, 0.25) is 0 Å². The molecule has 2 N–H and O–H groups in total. The first-order valence-electron chi connectivity index (χ1n) is 9.38. The Morgan fingerprint density at radius 2 is 2.11 bits per heavy atom. The lowest BCUT2D eigenvalue weighted by Crippen LogP contribution is -2.50. The predicted octanol–water partition coefficient (Wildman–Crippen LogP) is 3.71. The van der Waals surface area contributed by atoms with E-state index in [4.69, 9.17) is 0 Å². The number of hydrogen-bond acceptors (Lipinski definition) is 4. The van der Waals surface area contributed by atoms with Crippen LogP contribution < -0.4 is 10.6 Å². The summed E-state index contributed by atoms with van der Waals surface area (Å²) in [6, 6.07) is 9.50. The summed E-state index contributed by atoms with van der Waals surface area (Å²) >= 11 is 0. The van der Waals surface area contributed by atoms with Crippen LogP contribution in [0.15, 0.2) is 47.2 Å². The van der Waals surface area contributed by atoms with Gasteiger partial charge in [-0.1, -0.05) is 12.1 Å². The quantitative estimate of drug-likeness (QED) is 0.831. The van der Waals surface area contributed by atoms with Gasteiger partial charge in [-0.3, -0.25) is 9.69 Å². The molecule has 28 heavy (non-hydrogen) atoms. The van der Waals surface area contributed by atoms with Gasteiger partial charge in [-0.2, -0.15) is 5.26 Å². The van der Waals surface area contributed by atoms with Gasteiger partial charge in [-0.15, -0.1) is 0 Å². The summed E-state index contributed by atoms with van der Waals surface area (Å²) in [5.41, 5.74) is 2.98. The smallest absolute Gasteiger partial charge is 0.255 e. The second-order valence-corrected chi connectivity index (χ2v) is 7.35. The van der Waals surface area contributed by atoms with Crippen molar-refractivity contribution in [3.05, 3.63) is 52.7 Å². The average molecular weight is 386 g/mol. The standard InChI is InChI=1S/C21H24F2N4O/c1-14-5-3-6-17(11-14)26-20(28)18-15(2)16(12-24)13-25-19(18)27-9-4-7-21(22,23)8-10-27/h3,5-6,11,13,19,25H,4,7-10H2,1-2H3,(H,26,28). The summed E-state index contributed by atoms with van der Waals surface area (Å²) in [4.78, 5) is 15.0. The number of aryl methyl sites for hydroxylation is 1. The minimum atomic E-state index is -2.68. The number of nitriles is 1. The molecule has 0 aliphatic carbocycles. The van der Waals surface area contributed by atoms with E-state index < -0.39 is 12.1 Å². The molecule has 1 amide bonds. The zero-order valence-electron chi connectivity index (χ0n) is 16.1. The van der Waals surface area contributed by atoms with Crippen molar-refractivity contribution in [3.8, 4) is 6.07 Å². The van der Waals surface area contributed by atoms with Crippen molar-refractivity contribution in [2.24, 2.45) is 0 Å². The molecule has 2 aliphatic rings. The molecule has 2 aliphatic heterocycles. The van der Waals surface area contributed by atoms with Gasteiger partial charge in [0, 0.05) is 37.8 Å². The van der Waals surface area contributed by atoms with E-state index >= 15 is 0 Å². The van der Waals surface area contributed by atoms with Crippen LogP contribution in [0.4, 0.5) is 14.5 Å². The van der Waals surface area contributed by atoms with Crippen molar-refractivity contribution >= 4 is 11.6 Å². The van der Waals surface area contributed by atoms with Gasteiger partial charge in [0.05, 0.1) is 11.1 Å². The average Bonchev–Trinajstić information content (AvgIpc) is 2.82. The van der Waals surface area contributed by atoms with E-state index in [1.165, 1.54) is 0 Å². The molecule has 7 heteroatoms. The van der Waals surface area contributed by atoms with Crippen molar-refractivity contribution in [1.29, 1.82) is 5.26 Å². The maximum absolute atomic E-state index is 13.8. The number of likely N-dealkylation sites (tertiary alicyclic amines) is 1. The van der Waals surface area contributed by atoms with Gasteiger partial charge in [0.25, 0.3) is 5.91 Å². The number of halogens is 2. The molecule has 1 aromatic carbocycles. The van der Waals surface area contributed by atoms with E-state index in [1.54, 1.807) is 19.2 Å². The minimum Gasteiger partial charge on any atom is -0.371 e. The lowest BCUT2D eigenvalue weighted by Gasteiger charge is -2.35. The summed E-state index contributed by atoms with van der Waals surface area (Å²) in [5, 5.41) is 15.3. The molecule has 5 nitrogen and oxygen atoms in total. The van der Waals surface area contributed by atoms with Crippen LogP contribution in [0.25, 0.3) is 0 Å². The van der Waals surface area contributed by atoms with Crippen molar-refractivity contribution in [2.45, 2.75) is 45.2 Å². The SMILES string of the molecule is CC1=C(C(=O)Nc2cccc(C)c2)C(N2CCCC(F)(F)CC2)NC=C1C#N. The van der Waals surface area contributed by atoms with Crippen LogP contribution in [0.5, 0.6) is 0 Å². The fourth-order valence-electron chi connectivity index (χ4n) is 3.67. The van der Waals surface area contributed by atoms with Gasteiger partial charge in [0.1, 0.15) is 12.2 Å². The molecular formula is C21H24F2N4O. The molecule has 0 radical (unpaired) electrons. The Morgan fingerprint density at radius 1 is 1.32 bits per heavy atom. The molecule has 148 valence electrons. The van der Waals surface area contributed by atoms with Crippen molar-refractivity contribution in [3.63, 3.8) is 0 Å². The second-order valence-electron chi connectivity index (χ2n) is 7.35. The third kappa shape index (κ3) is 4.39. The van der Waals surface area contributed by atoms with Crippen LogP contribution >= 0.6 is 0 Å². The molecule has 0 saturated carbocycles. The van der Waals surface area contributed by atoms with Crippen molar-refractivity contribution < 1.29 is 13.6 Å². The fourth-order valence-corrected chi connectivity index (χ4v) is 3.67. The Kier molecular flexibility index (Phi) is 5.80. The largest absolute Gasteiger partial charge is 0.371 e. The zero-order valence-corrected chi connectivity index (χ0v) is 16.1. The normalized spacial score (nSPS) is 22.5. The van der Waals surface area contributed by atoms with Crippen LogP contribution in [-0.2, 0) is 4.79 Å². The number of amides is 1. The lowest BCUT2D eigenvalue weighted by atomic mass is 9.96. The first-order valence-corrected chi connectivity index (χ1v) is 9.38. The maximum atomic E-state index is 13.8. The molecule has 0 bridgehead atoms. The Balaban J connectivity index is 1.89. The number of benzene rings is 1. The van der Waals surface area contributed by atoms with Crippen LogP contribution in [0, 0.1) is 18.3 Å². The van der Waals surface area contributed by atoms with E-state index in [1.807, 2.05) is 30.0 Å². The monoisotopic (exact) mass is 386 g/mol. The number of rotatable bonds is 3. The van der Waals surface area contributed by atoms with E-state index in [2.05, 4.69) is 16.7 Å². The number of alkyl halides is 2. The lowest BCUT2D eigenvalue weighted by molar-refractivity contribution is -0.113. The van der Waals surface area contributed by atoms with E-state index in [9.17, 15) is 18.8 Å². The number of nitrogens with zero attached hydrogens (tertiary/aromatic N) is 2. The molecule has 1 saturated heterocycles. The fraction of sp³-hybridized carbons (Fsp3) is 0.429. The highest BCUT2D eigenvalue weighted by Crippen LogP contribution is 2.31. The Labute approximate surface area is 163 Å². The highest BCUT2D eigenvalue weighted by molar-refractivity contribution is 6.06. The highest BCUT2D eigenvalue weighted by Gasteiger charge is 2.37.